The zero-order valence-electron chi connectivity index (χ0n) is 22.3. The molecular formula is C38H20N2OS. The third-order valence-corrected chi connectivity index (χ3v) is 9.09. The summed E-state index contributed by atoms with van der Waals surface area (Å²) in [4.78, 5) is 0. The van der Waals surface area contributed by atoms with E-state index in [9.17, 15) is 10.5 Å². The summed E-state index contributed by atoms with van der Waals surface area (Å²) in [6.45, 7) is 0. The number of benzene rings is 6. The van der Waals surface area contributed by atoms with Gasteiger partial charge < -0.3 is 4.42 Å². The van der Waals surface area contributed by atoms with Crippen LogP contribution in [0.15, 0.2) is 126 Å². The number of thiophene rings is 1. The van der Waals surface area contributed by atoms with Crippen molar-refractivity contribution in [2.24, 2.45) is 0 Å². The average Bonchev–Trinajstić information content (AvgIpc) is 3.62. The monoisotopic (exact) mass is 552 g/mol. The van der Waals surface area contributed by atoms with Crippen molar-refractivity contribution in [2.45, 2.75) is 0 Å². The van der Waals surface area contributed by atoms with Crippen molar-refractivity contribution >= 4 is 53.4 Å². The molecule has 0 saturated carbocycles. The van der Waals surface area contributed by atoms with Crippen molar-refractivity contribution in [2.75, 3.05) is 0 Å². The lowest BCUT2D eigenvalue weighted by Gasteiger charge is -2.15. The summed E-state index contributed by atoms with van der Waals surface area (Å²) in [6, 6.07) is 45.6. The highest BCUT2D eigenvalue weighted by Gasteiger charge is 2.19. The topological polar surface area (TPSA) is 60.7 Å². The highest BCUT2D eigenvalue weighted by atomic mass is 32.1. The molecule has 0 atom stereocenters. The van der Waals surface area contributed by atoms with E-state index in [0.717, 1.165) is 60.7 Å². The fraction of sp³-hybridized carbons (Fsp3) is 0. The van der Waals surface area contributed by atoms with Crippen LogP contribution in [0.25, 0.3) is 75.5 Å². The summed E-state index contributed by atoms with van der Waals surface area (Å²) >= 11 is 1.76. The van der Waals surface area contributed by atoms with Crippen molar-refractivity contribution < 1.29 is 4.42 Å². The SMILES string of the molecule is N#Cc1cccc(-c2cc(-c3ccc4c(c3)oc3ccccc34)cc(-c3cccc4sc5ccccc5c34)c2C#N)c1. The minimum Gasteiger partial charge on any atom is -0.456 e. The second-order valence-corrected chi connectivity index (χ2v) is 11.4. The van der Waals surface area contributed by atoms with E-state index in [4.69, 9.17) is 4.42 Å². The number of hydrogen-bond donors (Lipinski definition) is 0. The van der Waals surface area contributed by atoms with Crippen molar-refractivity contribution in [3.05, 3.63) is 132 Å². The molecule has 0 amide bonds. The lowest BCUT2D eigenvalue weighted by molar-refractivity contribution is 0.669. The van der Waals surface area contributed by atoms with Gasteiger partial charge in [-0.2, -0.15) is 10.5 Å². The Labute approximate surface area is 245 Å². The van der Waals surface area contributed by atoms with Gasteiger partial charge in [-0.25, -0.2) is 0 Å². The van der Waals surface area contributed by atoms with Crippen LogP contribution in [0.2, 0.25) is 0 Å². The van der Waals surface area contributed by atoms with Crippen LogP contribution < -0.4 is 0 Å². The molecule has 0 N–H and O–H groups in total. The zero-order chi connectivity index (χ0) is 28.2. The molecule has 8 rings (SSSR count). The third-order valence-electron chi connectivity index (χ3n) is 7.96. The van der Waals surface area contributed by atoms with Crippen LogP contribution in [0.1, 0.15) is 11.1 Å². The first-order valence-electron chi connectivity index (χ1n) is 13.6. The van der Waals surface area contributed by atoms with Gasteiger partial charge in [-0.1, -0.05) is 66.7 Å². The van der Waals surface area contributed by atoms with Gasteiger partial charge in [0, 0.05) is 42.1 Å². The fourth-order valence-electron chi connectivity index (χ4n) is 6.03. The number of furan rings is 1. The van der Waals surface area contributed by atoms with Crippen molar-refractivity contribution in [1.29, 1.82) is 10.5 Å². The van der Waals surface area contributed by atoms with E-state index < -0.39 is 0 Å². The van der Waals surface area contributed by atoms with Crippen LogP contribution in [-0.4, -0.2) is 0 Å². The van der Waals surface area contributed by atoms with E-state index in [0.29, 0.717) is 11.1 Å². The van der Waals surface area contributed by atoms with E-state index in [-0.39, 0.29) is 0 Å². The van der Waals surface area contributed by atoms with Crippen molar-refractivity contribution in [3.63, 3.8) is 0 Å². The van der Waals surface area contributed by atoms with Crippen LogP contribution in [0.5, 0.6) is 0 Å². The first-order valence-corrected chi connectivity index (χ1v) is 14.4. The maximum absolute atomic E-state index is 10.6. The normalized spacial score (nSPS) is 11.3. The Morgan fingerprint density at radius 2 is 1.26 bits per heavy atom. The van der Waals surface area contributed by atoms with Crippen LogP contribution in [-0.2, 0) is 0 Å². The Bertz CT molecular complexity index is 2450. The second kappa shape index (κ2) is 9.46. The standard InChI is InChI=1S/C38H20N2OS/c39-21-23-7-5-8-25(17-23)31-18-26(24-15-16-28-27-9-1-3-12-34(27)41-35(28)20-24)19-32(33(31)22-40)29-11-6-14-37-38(29)30-10-2-4-13-36(30)42-37/h1-20H. The van der Waals surface area contributed by atoms with Crippen molar-refractivity contribution in [1.82, 2.24) is 0 Å². The summed E-state index contributed by atoms with van der Waals surface area (Å²) in [5.74, 6) is 0. The first-order chi connectivity index (χ1) is 20.7. The first kappa shape index (κ1) is 24.1. The number of rotatable bonds is 3. The van der Waals surface area contributed by atoms with Gasteiger partial charge in [-0.3, -0.25) is 0 Å². The average molecular weight is 553 g/mol. The molecule has 0 saturated heterocycles. The Kier molecular flexibility index (Phi) is 5.44. The summed E-state index contributed by atoms with van der Waals surface area (Å²) in [7, 11) is 0. The van der Waals surface area contributed by atoms with Crippen molar-refractivity contribution in [3.8, 4) is 45.5 Å². The van der Waals surface area contributed by atoms with Gasteiger partial charge in [0.2, 0.25) is 0 Å². The van der Waals surface area contributed by atoms with E-state index in [1.807, 2.05) is 36.4 Å². The number of hydrogen-bond acceptors (Lipinski definition) is 4. The van der Waals surface area contributed by atoms with Crippen LogP contribution in [0, 0.1) is 22.7 Å². The molecule has 0 radical (unpaired) electrons. The van der Waals surface area contributed by atoms with Gasteiger partial charge in [-0.15, -0.1) is 11.3 Å². The predicted octanol–water partition coefficient (Wildman–Crippen LogP) is 10.7. The number of para-hydroxylation sites is 1. The molecule has 0 unspecified atom stereocenters. The maximum Gasteiger partial charge on any atom is 0.136 e. The van der Waals surface area contributed by atoms with E-state index in [2.05, 4.69) is 91.0 Å². The Hall–Kier alpha value is -5.68. The zero-order valence-corrected chi connectivity index (χ0v) is 23.1. The molecule has 2 aromatic heterocycles. The molecule has 8 aromatic rings. The Morgan fingerprint density at radius 1 is 0.500 bits per heavy atom. The summed E-state index contributed by atoms with van der Waals surface area (Å²) in [6.07, 6.45) is 0. The minimum atomic E-state index is 0.554. The lowest BCUT2D eigenvalue weighted by Crippen LogP contribution is -1.94. The third kappa shape index (κ3) is 3.71. The van der Waals surface area contributed by atoms with Gasteiger partial charge >= 0.3 is 0 Å². The highest BCUT2D eigenvalue weighted by Crippen LogP contribution is 2.44. The minimum absolute atomic E-state index is 0.554. The largest absolute Gasteiger partial charge is 0.456 e. The molecule has 2 heterocycles. The Balaban J connectivity index is 1.45. The number of nitriles is 2. The van der Waals surface area contributed by atoms with E-state index in [1.165, 1.54) is 14.8 Å². The van der Waals surface area contributed by atoms with Gasteiger partial charge in [0.1, 0.15) is 17.2 Å². The van der Waals surface area contributed by atoms with E-state index >= 15 is 0 Å². The molecule has 3 nitrogen and oxygen atoms in total. The predicted molar refractivity (Wildman–Crippen MR) is 172 cm³/mol. The molecule has 0 bridgehead atoms. The molecule has 0 aliphatic carbocycles. The molecule has 194 valence electrons. The molecule has 0 aliphatic heterocycles. The quantitative estimate of drug-likeness (QED) is 0.219. The number of fused-ring (bicyclic) bond motifs is 6. The van der Waals surface area contributed by atoms with Crippen LogP contribution in [0.4, 0.5) is 0 Å². The van der Waals surface area contributed by atoms with Crippen LogP contribution in [0.3, 0.4) is 0 Å². The molecule has 4 heteroatoms. The molecule has 42 heavy (non-hydrogen) atoms. The molecule has 0 spiro atoms. The molecule has 0 fully saturated rings. The number of nitrogens with zero attached hydrogens (tertiary/aromatic N) is 2. The van der Waals surface area contributed by atoms with Gasteiger partial charge in [-0.05, 0) is 76.9 Å². The second-order valence-electron chi connectivity index (χ2n) is 10.3. The highest BCUT2D eigenvalue weighted by molar-refractivity contribution is 7.25. The summed E-state index contributed by atoms with van der Waals surface area (Å²) in [5, 5.41) is 24.8. The molecule has 6 aromatic carbocycles. The fourth-order valence-corrected chi connectivity index (χ4v) is 7.16. The maximum atomic E-state index is 10.6. The van der Waals surface area contributed by atoms with E-state index in [1.54, 1.807) is 17.4 Å². The van der Waals surface area contributed by atoms with Gasteiger partial charge in [0.05, 0.1) is 17.2 Å². The Morgan fingerprint density at radius 3 is 2.14 bits per heavy atom. The van der Waals surface area contributed by atoms with Gasteiger partial charge in [0.25, 0.3) is 0 Å². The van der Waals surface area contributed by atoms with Crippen LogP contribution >= 0.6 is 11.3 Å². The molecular weight excluding hydrogens is 532 g/mol. The molecule has 0 aliphatic rings. The summed E-state index contributed by atoms with van der Waals surface area (Å²) in [5.41, 5.74) is 8.29. The smallest absolute Gasteiger partial charge is 0.136 e. The van der Waals surface area contributed by atoms with Gasteiger partial charge in [0.15, 0.2) is 0 Å². The lowest BCUT2D eigenvalue weighted by atomic mass is 9.86. The summed E-state index contributed by atoms with van der Waals surface area (Å²) < 4.78 is 8.62.